The van der Waals surface area contributed by atoms with Crippen LogP contribution in [0.25, 0.3) is 0 Å². The van der Waals surface area contributed by atoms with Crippen LogP contribution in [0.4, 0.5) is 0 Å². The number of rotatable bonds is 40. The van der Waals surface area contributed by atoms with Gasteiger partial charge in [0.25, 0.3) is 0 Å². The summed E-state index contributed by atoms with van der Waals surface area (Å²) in [6, 6.07) is -0.909. The Hall–Kier alpha value is -1.37. The maximum absolute atomic E-state index is 13.1. The van der Waals surface area contributed by atoms with Crippen molar-refractivity contribution in [2.45, 2.75) is 262 Å². The highest BCUT2D eigenvalue weighted by molar-refractivity contribution is 5.80. The van der Waals surface area contributed by atoms with E-state index in [0.717, 1.165) is 64.2 Å². The zero-order chi connectivity index (χ0) is 42.5. The molecule has 0 saturated carbocycles. The van der Waals surface area contributed by atoms with Gasteiger partial charge >= 0.3 is 0 Å². The van der Waals surface area contributed by atoms with Crippen molar-refractivity contribution in [3.8, 4) is 0 Å². The van der Waals surface area contributed by atoms with Crippen molar-refractivity contribution in [3.05, 3.63) is 24.3 Å². The number of hydrogen-bond donors (Lipinski definition) is 7. The van der Waals surface area contributed by atoms with E-state index in [1.54, 1.807) is 0 Å². The van der Waals surface area contributed by atoms with E-state index in [9.17, 15) is 35.4 Å². The molecule has 10 nitrogen and oxygen atoms in total. The first kappa shape index (κ1) is 54.6. The molecule has 1 aliphatic heterocycles. The first-order valence-electron chi connectivity index (χ1n) is 24.1. The number of unbranched alkanes of at least 4 members (excludes halogenated alkanes) is 25. The molecular weight excluding hydrogens is 735 g/mol. The normalized spacial score (nSPS) is 21.6. The fraction of sp³-hybridized carbons (Fsp3) is 0.896. The van der Waals surface area contributed by atoms with Crippen LogP contribution < -0.4 is 5.32 Å². The summed E-state index contributed by atoms with van der Waals surface area (Å²) in [7, 11) is 0. The molecule has 1 aliphatic rings. The van der Waals surface area contributed by atoms with E-state index in [4.69, 9.17) is 9.47 Å². The molecule has 1 heterocycles. The number of nitrogens with one attached hydrogen (secondary N) is 1. The van der Waals surface area contributed by atoms with Crippen molar-refractivity contribution >= 4 is 5.91 Å². The number of hydrogen-bond acceptors (Lipinski definition) is 9. The third-order valence-electron chi connectivity index (χ3n) is 11.7. The van der Waals surface area contributed by atoms with Crippen molar-refractivity contribution in [3.63, 3.8) is 0 Å². The van der Waals surface area contributed by atoms with Gasteiger partial charge in [-0.05, 0) is 44.9 Å². The molecule has 1 amide bonds. The van der Waals surface area contributed by atoms with Gasteiger partial charge in [-0.25, -0.2) is 0 Å². The van der Waals surface area contributed by atoms with Gasteiger partial charge in [0, 0.05) is 0 Å². The molecule has 0 aromatic carbocycles. The van der Waals surface area contributed by atoms with Crippen LogP contribution in [-0.4, -0.2) is 98.7 Å². The average molecular weight is 826 g/mol. The third-order valence-corrected chi connectivity index (χ3v) is 11.7. The molecule has 0 aromatic rings. The van der Waals surface area contributed by atoms with Crippen molar-refractivity contribution in [2.24, 2.45) is 0 Å². The van der Waals surface area contributed by atoms with Crippen LogP contribution in [0.15, 0.2) is 24.3 Å². The van der Waals surface area contributed by atoms with Gasteiger partial charge in [0.05, 0.1) is 25.4 Å². The number of carbonyl (C=O) groups is 1. The van der Waals surface area contributed by atoms with E-state index in [1.165, 1.54) is 122 Å². The Bertz CT molecular complexity index is 979. The summed E-state index contributed by atoms with van der Waals surface area (Å²) < 4.78 is 11.2. The maximum Gasteiger partial charge on any atom is 0.249 e. The molecule has 8 atom stereocenters. The number of aliphatic hydroxyl groups is 6. The van der Waals surface area contributed by atoms with E-state index < -0.39 is 61.5 Å². The van der Waals surface area contributed by atoms with E-state index >= 15 is 0 Å². The standard InChI is InChI=1S/C48H91NO9/c1-3-5-7-9-11-13-15-17-18-19-20-21-22-23-25-27-29-31-33-35-37-42(52)47(56)49-40(39-57-48-46(55)45(54)44(53)43(38-50)58-48)41(51)36-34-32-30-28-26-24-16-14-12-10-8-6-4-2/h12,14,24,26,40-46,48,50-55H,3-11,13,15-23,25,27-39H2,1-2H3,(H,49,56)/b14-12+,26-24+/t40?,41?,42?,43-,44-,45+,46-,48-/m1/s1. The van der Waals surface area contributed by atoms with Crippen LogP contribution in [-0.2, 0) is 14.3 Å². The number of carbonyl (C=O) groups excluding carboxylic acids is 1. The highest BCUT2D eigenvalue weighted by Gasteiger charge is 2.44. The van der Waals surface area contributed by atoms with E-state index in [0.29, 0.717) is 12.8 Å². The molecule has 1 saturated heterocycles. The predicted molar refractivity (Wildman–Crippen MR) is 236 cm³/mol. The molecule has 0 aromatic heterocycles. The maximum atomic E-state index is 13.1. The Morgan fingerprint density at radius 1 is 0.586 bits per heavy atom. The molecular formula is C48H91NO9. The highest BCUT2D eigenvalue weighted by Crippen LogP contribution is 2.23. The Morgan fingerprint density at radius 3 is 1.52 bits per heavy atom. The molecule has 0 spiro atoms. The second kappa shape index (κ2) is 38.5. The summed E-state index contributed by atoms with van der Waals surface area (Å²) in [4.78, 5) is 13.1. The second-order valence-corrected chi connectivity index (χ2v) is 17.0. The monoisotopic (exact) mass is 826 g/mol. The summed E-state index contributed by atoms with van der Waals surface area (Å²) >= 11 is 0. The molecule has 0 aliphatic carbocycles. The minimum absolute atomic E-state index is 0.268. The summed E-state index contributed by atoms with van der Waals surface area (Å²) in [6.45, 7) is 3.62. The average Bonchev–Trinajstić information content (AvgIpc) is 3.22. The fourth-order valence-electron chi connectivity index (χ4n) is 7.67. The minimum atomic E-state index is -1.60. The van der Waals surface area contributed by atoms with Crippen LogP contribution in [0.1, 0.15) is 213 Å². The van der Waals surface area contributed by atoms with Gasteiger partial charge in [0.15, 0.2) is 6.29 Å². The zero-order valence-electron chi connectivity index (χ0n) is 37.2. The van der Waals surface area contributed by atoms with Crippen molar-refractivity contribution < 1.29 is 44.9 Å². The Morgan fingerprint density at radius 2 is 1.02 bits per heavy atom. The van der Waals surface area contributed by atoms with Gasteiger partial charge in [-0.1, -0.05) is 192 Å². The van der Waals surface area contributed by atoms with Crippen LogP contribution in [0.3, 0.4) is 0 Å². The lowest BCUT2D eigenvalue weighted by molar-refractivity contribution is -0.302. The van der Waals surface area contributed by atoms with Crippen molar-refractivity contribution in [2.75, 3.05) is 13.2 Å². The van der Waals surface area contributed by atoms with Gasteiger partial charge in [0.2, 0.25) is 5.91 Å². The molecule has 58 heavy (non-hydrogen) atoms. The van der Waals surface area contributed by atoms with Gasteiger partial charge in [-0.3, -0.25) is 4.79 Å². The van der Waals surface area contributed by atoms with Crippen LogP contribution in [0, 0.1) is 0 Å². The van der Waals surface area contributed by atoms with Crippen molar-refractivity contribution in [1.82, 2.24) is 5.32 Å². The quantitative estimate of drug-likeness (QED) is 0.0235. The zero-order valence-corrected chi connectivity index (χ0v) is 37.2. The number of aliphatic hydroxyl groups excluding tert-OH is 6. The van der Waals surface area contributed by atoms with E-state index in [2.05, 4.69) is 43.5 Å². The summed E-state index contributed by atoms with van der Waals surface area (Å²) in [6.07, 6.45) is 35.2. The molecule has 7 N–H and O–H groups in total. The third kappa shape index (κ3) is 28.2. The van der Waals surface area contributed by atoms with E-state index in [-0.39, 0.29) is 6.61 Å². The van der Waals surface area contributed by atoms with Gasteiger partial charge in [-0.15, -0.1) is 0 Å². The van der Waals surface area contributed by atoms with Crippen molar-refractivity contribution in [1.29, 1.82) is 0 Å². The Labute approximate surface area is 354 Å². The summed E-state index contributed by atoms with van der Waals surface area (Å²) in [5.74, 6) is -0.594. The molecule has 342 valence electrons. The second-order valence-electron chi connectivity index (χ2n) is 17.0. The molecule has 1 fully saturated rings. The van der Waals surface area contributed by atoms with Crippen LogP contribution in [0.2, 0.25) is 0 Å². The Kier molecular flexibility index (Phi) is 36.3. The Balaban J connectivity index is 2.34. The van der Waals surface area contributed by atoms with Crippen LogP contribution in [0.5, 0.6) is 0 Å². The molecule has 3 unspecified atom stereocenters. The lowest BCUT2D eigenvalue weighted by Crippen LogP contribution is -2.60. The predicted octanol–water partition coefficient (Wildman–Crippen LogP) is 9.25. The van der Waals surface area contributed by atoms with Gasteiger partial charge in [-0.2, -0.15) is 0 Å². The first-order chi connectivity index (χ1) is 28.3. The fourth-order valence-corrected chi connectivity index (χ4v) is 7.67. The minimum Gasteiger partial charge on any atom is -0.394 e. The molecule has 1 rings (SSSR count). The summed E-state index contributed by atoms with van der Waals surface area (Å²) in [5.41, 5.74) is 0. The lowest BCUT2D eigenvalue weighted by atomic mass is 9.99. The van der Waals surface area contributed by atoms with Crippen LogP contribution >= 0.6 is 0 Å². The first-order valence-corrected chi connectivity index (χ1v) is 24.1. The highest BCUT2D eigenvalue weighted by atomic mass is 16.7. The smallest absolute Gasteiger partial charge is 0.249 e. The number of ether oxygens (including phenoxy) is 2. The molecule has 10 heteroatoms. The molecule has 0 bridgehead atoms. The number of amides is 1. The topological polar surface area (TPSA) is 169 Å². The lowest BCUT2D eigenvalue weighted by Gasteiger charge is -2.40. The SMILES string of the molecule is CCCCC/C=C/C/C=C/CCCCCC(O)C(CO[C@@H]1O[C@H](CO)[C@@H](O)[C@H](O)[C@H]1O)NC(=O)C(O)CCCCCCCCCCCCCCCCCCCCCC. The van der Waals surface area contributed by atoms with Gasteiger partial charge in [0.1, 0.15) is 30.5 Å². The van der Waals surface area contributed by atoms with Gasteiger partial charge < -0.3 is 45.4 Å². The number of allylic oxidation sites excluding steroid dienone is 4. The largest absolute Gasteiger partial charge is 0.394 e. The molecule has 0 radical (unpaired) electrons. The summed E-state index contributed by atoms with van der Waals surface area (Å²) in [5, 5.41) is 64.8. The van der Waals surface area contributed by atoms with E-state index in [1.807, 2.05) is 0 Å².